The third-order valence-electron chi connectivity index (χ3n) is 2.19. The maximum absolute atomic E-state index is 11.1. The molecular formula is C11H11NO2S2. The highest BCUT2D eigenvalue weighted by Crippen LogP contribution is 2.29. The van der Waals surface area contributed by atoms with Crippen LogP contribution in [-0.2, 0) is 16.0 Å². The lowest BCUT2D eigenvalue weighted by atomic mass is 10.2. The summed E-state index contributed by atoms with van der Waals surface area (Å²) in [5.74, 6) is -0.251. The molecule has 0 saturated heterocycles. The molecule has 0 N–H and O–H groups in total. The molecule has 2 aromatic rings. The quantitative estimate of drug-likeness (QED) is 0.790. The van der Waals surface area contributed by atoms with Gasteiger partial charge in [0.05, 0.1) is 19.2 Å². The van der Waals surface area contributed by atoms with E-state index in [1.54, 1.807) is 22.7 Å². The maximum Gasteiger partial charge on any atom is 0.311 e. The molecule has 0 aromatic carbocycles. The van der Waals surface area contributed by atoms with Crippen molar-refractivity contribution in [2.45, 2.75) is 13.3 Å². The molecule has 84 valence electrons. The molecule has 2 aromatic heterocycles. The number of ether oxygens (including phenoxy) is 1. The summed E-state index contributed by atoms with van der Waals surface area (Å²) in [6, 6.07) is 0. The van der Waals surface area contributed by atoms with Crippen molar-refractivity contribution >= 4 is 28.6 Å². The van der Waals surface area contributed by atoms with E-state index in [1.165, 1.54) is 12.7 Å². The van der Waals surface area contributed by atoms with E-state index in [1.807, 2.05) is 5.38 Å². The van der Waals surface area contributed by atoms with Gasteiger partial charge in [-0.15, -0.1) is 11.3 Å². The van der Waals surface area contributed by atoms with Gasteiger partial charge in [-0.3, -0.25) is 4.79 Å². The van der Waals surface area contributed by atoms with Crippen LogP contribution in [0, 0.1) is 6.92 Å². The molecule has 2 rings (SSSR count). The van der Waals surface area contributed by atoms with E-state index in [0.29, 0.717) is 0 Å². The molecule has 0 aliphatic rings. The Labute approximate surface area is 102 Å². The molecule has 0 aliphatic carbocycles. The Morgan fingerprint density at radius 3 is 2.88 bits per heavy atom. The van der Waals surface area contributed by atoms with Gasteiger partial charge in [0.1, 0.15) is 5.01 Å². The van der Waals surface area contributed by atoms with Crippen LogP contribution < -0.4 is 0 Å². The Morgan fingerprint density at radius 2 is 2.25 bits per heavy atom. The molecule has 0 fully saturated rings. The monoisotopic (exact) mass is 253 g/mol. The average Bonchev–Trinajstić information content (AvgIpc) is 2.86. The van der Waals surface area contributed by atoms with Gasteiger partial charge >= 0.3 is 5.97 Å². The first-order chi connectivity index (χ1) is 7.70. The highest BCUT2D eigenvalue weighted by atomic mass is 32.1. The number of carbonyl (C=O) groups excluding carboxylic acids is 1. The number of aryl methyl sites for hydroxylation is 1. The van der Waals surface area contributed by atoms with Crippen LogP contribution in [0.2, 0.25) is 0 Å². The van der Waals surface area contributed by atoms with Crippen LogP contribution in [0.15, 0.2) is 16.1 Å². The molecule has 0 spiro atoms. The zero-order chi connectivity index (χ0) is 11.5. The molecule has 16 heavy (non-hydrogen) atoms. The van der Waals surface area contributed by atoms with E-state index in [2.05, 4.69) is 27.4 Å². The van der Waals surface area contributed by atoms with Gasteiger partial charge in [-0.2, -0.15) is 11.3 Å². The summed E-state index contributed by atoms with van der Waals surface area (Å²) in [4.78, 5) is 15.5. The van der Waals surface area contributed by atoms with Crippen LogP contribution in [0.25, 0.3) is 10.6 Å². The van der Waals surface area contributed by atoms with Crippen LogP contribution in [0.5, 0.6) is 0 Å². The van der Waals surface area contributed by atoms with E-state index in [0.717, 1.165) is 16.3 Å². The number of nitrogens with zero attached hydrogens (tertiary/aromatic N) is 1. The summed E-state index contributed by atoms with van der Waals surface area (Å²) < 4.78 is 4.61. The SMILES string of the molecule is COC(=O)Cc1csc(-c2cscc2C)n1. The van der Waals surface area contributed by atoms with E-state index in [9.17, 15) is 4.79 Å². The van der Waals surface area contributed by atoms with Crippen molar-refractivity contribution in [1.29, 1.82) is 0 Å². The van der Waals surface area contributed by atoms with Gasteiger partial charge in [-0.05, 0) is 17.9 Å². The Hall–Kier alpha value is -1.20. The van der Waals surface area contributed by atoms with Crippen LogP contribution in [0.1, 0.15) is 11.3 Å². The van der Waals surface area contributed by atoms with E-state index in [4.69, 9.17) is 0 Å². The van der Waals surface area contributed by atoms with Crippen molar-refractivity contribution in [2.24, 2.45) is 0 Å². The second kappa shape index (κ2) is 4.76. The molecule has 2 heterocycles. The fourth-order valence-electron chi connectivity index (χ4n) is 1.31. The van der Waals surface area contributed by atoms with Gasteiger partial charge in [-0.1, -0.05) is 0 Å². The van der Waals surface area contributed by atoms with Crippen LogP contribution in [-0.4, -0.2) is 18.1 Å². The second-order valence-corrected chi connectivity index (χ2v) is 4.97. The molecule has 0 saturated carbocycles. The zero-order valence-corrected chi connectivity index (χ0v) is 10.7. The topological polar surface area (TPSA) is 39.2 Å². The lowest BCUT2D eigenvalue weighted by Gasteiger charge is -1.95. The number of esters is 1. The molecule has 0 bridgehead atoms. The first-order valence-electron chi connectivity index (χ1n) is 4.75. The Bertz CT molecular complexity index is 502. The number of thiazole rings is 1. The van der Waals surface area contributed by atoms with E-state index < -0.39 is 0 Å². The number of thiophene rings is 1. The minimum absolute atomic E-state index is 0.246. The summed E-state index contributed by atoms with van der Waals surface area (Å²) >= 11 is 3.23. The van der Waals surface area contributed by atoms with E-state index in [-0.39, 0.29) is 12.4 Å². The Morgan fingerprint density at radius 1 is 1.44 bits per heavy atom. The maximum atomic E-state index is 11.1. The summed E-state index contributed by atoms with van der Waals surface area (Å²) in [6.07, 6.45) is 0.246. The number of hydrogen-bond acceptors (Lipinski definition) is 5. The molecule has 0 radical (unpaired) electrons. The fourth-order valence-corrected chi connectivity index (χ4v) is 3.12. The van der Waals surface area contributed by atoms with Crippen molar-refractivity contribution in [3.63, 3.8) is 0 Å². The highest BCUT2D eigenvalue weighted by molar-refractivity contribution is 7.14. The minimum Gasteiger partial charge on any atom is -0.469 e. The molecule has 3 nitrogen and oxygen atoms in total. The smallest absolute Gasteiger partial charge is 0.311 e. The van der Waals surface area contributed by atoms with Gasteiger partial charge in [0, 0.05) is 16.3 Å². The molecule has 0 unspecified atom stereocenters. The number of carbonyl (C=O) groups is 1. The second-order valence-electron chi connectivity index (χ2n) is 3.37. The standard InChI is InChI=1S/C11H11NO2S2/c1-7-4-15-6-9(7)11-12-8(5-16-11)3-10(13)14-2/h4-6H,3H2,1-2H3. The van der Waals surface area contributed by atoms with Gasteiger partial charge < -0.3 is 4.74 Å². The summed E-state index contributed by atoms with van der Waals surface area (Å²) in [5, 5.41) is 7.05. The largest absolute Gasteiger partial charge is 0.469 e. The molecule has 0 atom stereocenters. The lowest BCUT2D eigenvalue weighted by molar-refractivity contribution is -0.139. The third kappa shape index (κ3) is 2.31. The van der Waals surface area contributed by atoms with Gasteiger partial charge in [-0.25, -0.2) is 4.98 Å². The average molecular weight is 253 g/mol. The van der Waals surface area contributed by atoms with Crippen molar-refractivity contribution in [1.82, 2.24) is 4.98 Å². The molecular weight excluding hydrogens is 242 g/mol. The Kier molecular flexibility index (Phi) is 3.36. The fraction of sp³-hybridized carbons (Fsp3) is 0.273. The van der Waals surface area contributed by atoms with Crippen molar-refractivity contribution in [3.8, 4) is 10.6 Å². The number of aromatic nitrogens is 1. The molecule has 0 aliphatic heterocycles. The van der Waals surface area contributed by atoms with Crippen molar-refractivity contribution in [3.05, 3.63) is 27.4 Å². The normalized spacial score (nSPS) is 10.4. The van der Waals surface area contributed by atoms with Gasteiger partial charge in [0.2, 0.25) is 0 Å². The molecule has 0 amide bonds. The summed E-state index contributed by atoms with van der Waals surface area (Å²) in [7, 11) is 1.39. The predicted molar refractivity (Wildman–Crippen MR) is 65.9 cm³/mol. The number of hydrogen-bond donors (Lipinski definition) is 0. The number of methoxy groups -OCH3 is 1. The number of rotatable bonds is 3. The summed E-state index contributed by atoms with van der Waals surface area (Å²) in [5.41, 5.74) is 3.16. The van der Waals surface area contributed by atoms with Gasteiger partial charge in [0.25, 0.3) is 0 Å². The zero-order valence-electron chi connectivity index (χ0n) is 9.02. The van der Waals surface area contributed by atoms with Crippen LogP contribution in [0.4, 0.5) is 0 Å². The predicted octanol–water partition coefficient (Wildman–Crippen LogP) is 2.90. The van der Waals surface area contributed by atoms with Crippen molar-refractivity contribution in [2.75, 3.05) is 7.11 Å². The van der Waals surface area contributed by atoms with Crippen molar-refractivity contribution < 1.29 is 9.53 Å². The highest BCUT2D eigenvalue weighted by Gasteiger charge is 2.10. The molecule has 5 heteroatoms. The summed E-state index contributed by atoms with van der Waals surface area (Å²) in [6.45, 7) is 2.06. The van der Waals surface area contributed by atoms with E-state index >= 15 is 0 Å². The minimum atomic E-state index is -0.251. The first-order valence-corrected chi connectivity index (χ1v) is 6.57. The first kappa shape index (κ1) is 11.3. The van der Waals surface area contributed by atoms with Gasteiger partial charge in [0.15, 0.2) is 0 Å². The third-order valence-corrected chi connectivity index (χ3v) is 3.98. The lowest BCUT2D eigenvalue weighted by Crippen LogP contribution is -2.04. The van der Waals surface area contributed by atoms with Crippen LogP contribution in [0.3, 0.4) is 0 Å². The Balaban J connectivity index is 2.20. The van der Waals surface area contributed by atoms with Crippen LogP contribution >= 0.6 is 22.7 Å².